The monoisotopic (exact) mass is 327 g/mol. The molecular weight excluding hydrogens is 308 g/mol. The maximum atomic E-state index is 5.98. The quantitative estimate of drug-likeness (QED) is 0.763. The second-order valence-electron chi connectivity index (χ2n) is 4.98. The normalized spacial score (nSPS) is 11.5. The number of thioether (sulfide) groups is 1. The molecule has 0 bridgehead atoms. The second kappa shape index (κ2) is 6.55. The topological polar surface area (TPSA) is 40.2 Å². The van der Waals surface area contributed by atoms with E-state index in [1.165, 1.54) is 11.1 Å². The van der Waals surface area contributed by atoms with Crippen LogP contribution in [0.1, 0.15) is 23.7 Å². The van der Waals surface area contributed by atoms with Crippen molar-refractivity contribution in [1.82, 2.24) is 0 Å². The van der Waals surface area contributed by atoms with Crippen molar-refractivity contribution in [3.63, 3.8) is 0 Å². The molecule has 0 radical (unpaired) electrons. The minimum Gasteiger partial charge on any atom is -0.278 e. The summed E-state index contributed by atoms with van der Waals surface area (Å²) in [5.41, 5.74) is 9.65. The summed E-state index contributed by atoms with van der Waals surface area (Å²) in [6.07, 6.45) is 0. The molecule has 22 heavy (non-hydrogen) atoms. The van der Waals surface area contributed by atoms with Crippen LogP contribution in [0.5, 0.6) is 0 Å². The van der Waals surface area contributed by atoms with Gasteiger partial charge in [-0.25, -0.2) is 4.98 Å². The van der Waals surface area contributed by atoms with Gasteiger partial charge in [-0.05, 0) is 16.9 Å². The lowest BCUT2D eigenvalue weighted by Crippen LogP contribution is -2.32. The van der Waals surface area contributed by atoms with Gasteiger partial charge in [0, 0.05) is 5.38 Å². The van der Waals surface area contributed by atoms with Crippen molar-refractivity contribution >= 4 is 28.2 Å². The lowest BCUT2D eigenvalue weighted by molar-refractivity contribution is -0.368. The van der Waals surface area contributed by atoms with Gasteiger partial charge in [0.15, 0.2) is 0 Å². The van der Waals surface area contributed by atoms with Gasteiger partial charge in [-0.1, -0.05) is 78.9 Å². The number of hydrogen-bond donors (Lipinski definition) is 1. The Morgan fingerprint density at radius 2 is 1.55 bits per heavy atom. The van der Waals surface area contributed by atoms with Gasteiger partial charge >= 0.3 is 5.13 Å². The molecule has 4 heteroatoms. The molecule has 0 aliphatic heterocycles. The predicted molar refractivity (Wildman–Crippen MR) is 96.2 cm³/mol. The van der Waals surface area contributed by atoms with Crippen molar-refractivity contribution in [2.75, 3.05) is 11.5 Å². The van der Waals surface area contributed by atoms with Crippen LogP contribution >= 0.6 is 23.1 Å². The number of aromatic amines is 1. The summed E-state index contributed by atoms with van der Waals surface area (Å²) >= 11 is 3.47. The summed E-state index contributed by atoms with van der Waals surface area (Å²) in [4.78, 5) is 3.37. The van der Waals surface area contributed by atoms with Crippen LogP contribution in [0, 0.1) is 0 Å². The van der Waals surface area contributed by atoms with Crippen LogP contribution in [0.25, 0.3) is 0 Å². The number of nitrogen functional groups attached to an aromatic ring is 1. The van der Waals surface area contributed by atoms with Gasteiger partial charge in [0.05, 0.1) is 0 Å². The van der Waals surface area contributed by atoms with Crippen molar-refractivity contribution in [2.24, 2.45) is 0 Å². The Morgan fingerprint density at radius 3 is 1.95 bits per heavy atom. The molecule has 0 saturated carbocycles. The third-order valence-electron chi connectivity index (χ3n) is 3.66. The van der Waals surface area contributed by atoms with E-state index in [1.807, 2.05) is 11.8 Å². The fraction of sp³-hybridized carbons (Fsp3) is 0.167. The third-order valence-corrected chi connectivity index (χ3v) is 5.78. The Morgan fingerprint density at radius 1 is 1.00 bits per heavy atom. The SMILES string of the molecule is CCSC(c1ccccc1)(c1ccccc1)c1csc(N)[nH+]1. The fourth-order valence-corrected chi connectivity index (χ4v) is 4.80. The van der Waals surface area contributed by atoms with E-state index >= 15 is 0 Å². The average molecular weight is 327 g/mol. The van der Waals surface area contributed by atoms with E-state index in [4.69, 9.17) is 5.73 Å². The first-order valence-corrected chi connectivity index (χ1v) is 9.15. The van der Waals surface area contributed by atoms with E-state index < -0.39 is 0 Å². The van der Waals surface area contributed by atoms with Gasteiger partial charge in [0.1, 0.15) is 10.4 Å². The molecule has 112 valence electrons. The Bertz CT molecular complexity index is 684. The van der Waals surface area contributed by atoms with Gasteiger partial charge in [-0.3, -0.25) is 5.73 Å². The highest BCUT2D eigenvalue weighted by molar-refractivity contribution is 8.00. The fourth-order valence-electron chi connectivity index (χ4n) is 2.77. The molecule has 2 aromatic carbocycles. The van der Waals surface area contributed by atoms with Crippen LogP contribution in [0.15, 0.2) is 66.0 Å². The summed E-state index contributed by atoms with van der Waals surface area (Å²) in [6, 6.07) is 21.3. The molecule has 1 heterocycles. The summed E-state index contributed by atoms with van der Waals surface area (Å²) < 4.78 is -0.259. The molecule has 2 nitrogen and oxygen atoms in total. The van der Waals surface area contributed by atoms with E-state index in [-0.39, 0.29) is 4.75 Å². The molecule has 1 aromatic heterocycles. The highest BCUT2D eigenvalue weighted by atomic mass is 32.2. The van der Waals surface area contributed by atoms with Gasteiger partial charge in [0.2, 0.25) is 0 Å². The van der Waals surface area contributed by atoms with Crippen molar-refractivity contribution < 1.29 is 4.98 Å². The summed E-state index contributed by atoms with van der Waals surface area (Å²) in [7, 11) is 0. The predicted octanol–water partition coefficient (Wildman–Crippen LogP) is 4.19. The molecule has 3 N–H and O–H groups in total. The largest absolute Gasteiger partial charge is 0.329 e. The maximum absolute atomic E-state index is 5.98. The number of anilines is 1. The molecule has 0 aliphatic carbocycles. The van der Waals surface area contributed by atoms with Gasteiger partial charge in [0.25, 0.3) is 0 Å². The standard InChI is InChI=1S/C18H18N2S2/c1-2-22-18(14-9-5-3-6-10-14,15-11-7-4-8-12-15)16-13-21-17(19)20-16/h3-13H,2H2,1H3,(H2,19,20)/p+1. The summed E-state index contributed by atoms with van der Waals surface area (Å²) in [5, 5.41) is 2.88. The average Bonchev–Trinajstić information content (AvgIpc) is 3.01. The van der Waals surface area contributed by atoms with Crippen LogP contribution in [0.4, 0.5) is 5.13 Å². The van der Waals surface area contributed by atoms with E-state index in [1.54, 1.807) is 11.3 Å². The molecule has 3 rings (SSSR count). The first kappa shape index (κ1) is 15.1. The molecule has 0 fully saturated rings. The number of aromatic nitrogens is 1. The zero-order valence-corrected chi connectivity index (χ0v) is 14.1. The van der Waals surface area contributed by atoms with Gasteiger partial charge in [-0.15, -0.1) is 11.8 Å². The van der Waals surface area contributed by atoms with Crippen molar-refractivity contribution in [2.45, 2.75) is 11.7 Å². The Labute approximate surface area is 139 Å². The number of hydrogen-bond acceptors (Lipinski definition) is 3. The van der Waals surface area contributed by atoms with E-state index in [0.717, 1.165) is 16.6 Å². The molecule has 0 aliphatic rings. The molecule has 0 saturated heterocycles. The minimum absolute atomic E-state index is 0.259. The number of thiazole rings is 1. The van der Waals surface area contributed by atoms with Crippen LogP contribution < -0.4 is 10.7 Å². The first-order chi connectivity index (χ1) is 10.8. The first-order valence-electron chi connectivity index (χ1n) is 7.29. The number of benzene rings is 2. The lowest BCUT2D eigenvalue weighted by Gasteiger charge is -2.31. The van der Waals surface area contributed by atoms with Crippen LogP contribution in [0.3, 0.4) is 0 Å². The van der Waals surface area contributed by atoms with Crippen molar-refractivity contribution in [3.05, 3.63) is 82.9 Å². The minimum atomic E-state index is -0.259. The van der Waals surface area contributed by atoms with Crippen molar-refractivity contribution in [3.8, 4) is 0 Å². The zero-order chi connectivity index (χ0) is 15.4. The smallest absolute Gasteiger partial charge is 0.278 e. The maximum Gasteiger partial charge on any atom is 0.329 e. The molecule has 0 atom stereocenters. The molecule has 0 spiro atoms. The summed E-state index contributed by atoms with van der Waals surface area (Å²) in [6.45, 7) is 2.20. The molecular formula is C18H19N2S2+. The number of nitrogens with one attached hydrogen (secondary N) is 1. The van der Waals surface area contributed by atoms with E-state index in [2.05, 4.69) is 78.0 Å². The molecule has 3 aromatic rings. The Balaban J connectivity index is 2.28. The highest BCUT2D eigenvalue weighted by Crippen LogP contribution is 2.47. The highest BCUT2D eigenvalue weighted by Gasteiger charge is 2.40. The van der Waals surface area contributed by atoms with Crippen LogP contribution in [-0.4, -0.2) is 5.75 Å². The number of nitrogens with two attached hydrogens (primary N) is 1. The van der Waals surface area contributed by atoms with E-state index in [0.29, 0.717) is 0 Å². The van der Waals surface area contributed by atoms with Gasteiger partial charge in [-0.2, -0.15) is 0 Å². The number of H-pyrrole nitrogens is 1. The molecule has 0 amide bonds. The lowest BCUT2D eigenvalue weighted by atomic mass is 9.88. The molecule has 0 unspecified atom stereocenters. The van der Waals surface area contributed by atoms with Crippen LogP contribution in [0.2, 0.25) is 0 Å². The van der Waals surface area contributed by atoms with E-state index in [9.17, 15) is 0 Å². The Kier molecular flexibility index (Phi) is 4.50. The zero-order valence-electron chi connectivity index (χ0n) is 12.5. The third kappa shape index (κ3) is 2.64. The van der Waals surface area contributed by atoms with Gasteiger partial charge < -0.3 is 0 Å². The summed E-state index contributed by atoms with van der Waals surface area (Å²) in [5.74, 6) is 1.01. The Hall–Kier alpha value is -1.78. The van der Waals surface area contributed by atoms with Crippen LogP contribution in [-0.2, 0) is 4.75 Å². The number of rotatable bonds is 5. The second-order valence-corrected chi connectivity index (χ2v) is 7.37. The van der Waals surface area contributed by atoms with Crippen molar-refractivity contribution in [1.29, 1.82) is 0 Å².